The second-order valence-electron chi connectivity index (χ2n) is 5.28. The van der Waals surface area contributed by atoms with Crippen molar-refractivity contribution in [2.24, 2.45) is 0 Å². The fourth-order valence-corrected chi connectivity index (χ4v) is 2.73. The van der Waals surface area contributed by atoms with Crippen LogP contribution in [-0.2, 0) is 0 Å². The Morgan fingerprint density at radius 2 is 1.79 bits per heavy atom. The van der Waals surface area contributed by atoms with E-state index in [1.807, 2.05) is 51.1 Å². The lowest BCUT2D eigenvalue weighted by Gasteiger charge is -2.17. The molecule has 2 aromatic rings. The molecule has 0 unspecified atom stereocenters. The molecule has 0 aliphatic heterocycles. The van der Waals surface area contributed by atoms with Crippen molar-refractivity contribution in [3.05, 3.63) is 58.1 Å². The summed E-state index contributed by atoms with van der Waals surface area (Å²) in [4.78, 5) is 12.4. The summed E-state index contributed by atoms with van der Waals surface area (Å²) >= 11 is 3.38. The van der Waals surface area contributed by atoms with Gasteiger partial charge < -0.3 is 14.8 Å². The lowest BCUT2D eigenvalue weighted by Crippen LogP contribution is -2.26. The van der Waals surface area contributed by atoms with E-state index in [-0.39, 0.29) is 11.9 Å². The van der Waals surface area contributed by atoms with Crippen LogP contribution in [0.2, 0.25) is 0 Å². The molecule has 0 aromatic heterocycles. The third-order valence-corrected chi connectivity index (χ3v) is 4.00. The Kier molecular flexibility index (Phi) is 6.67. The predicted molar refractivity (Wildman–Crippen MR) is 98.8 cm³/mol. The molecule has 0 spiro atoms. The number of halogens is 1. The molecule has 24 heavy (non-hydrogen) atoms. The van der Waals surface area contributed by atoms with Gasteiger partial charge in [0, 0.05) is 10.0 Å². The number of hydrogen-bond donors (Lipinski definition) is 1. The maximum atomic E-state index is 12.4. The number of ether oxygens (including phenoxy) is 2. The summed E-state index contributed by atoms with van der Waals surface area (Å²) in [6.45, 7) is 6.95. The molecule has 128 valence electrons. The Morgan fingerprint density at radius 1 is 1.08 bits per heavy atom. The molecule has 1 N–H and O–H groups in total. The molecule has 0 aliphatic carbocycles. The number of carbonyl (C=O) groups excluding carboxylic acids is 1. The highest BCUT2D eigenvalue weighted by Crippen LogP contribution is 2.30. The van der Waals surface area contributed by atoms with Crippen molar-refractivity contribution in [2.45, 2.75) is 26.8 Å². The zero-order valence-corrected chi connectivity index (χ0v) is 15.7. The predicted octanol–water partition coefficient (Wildman–Crippen LogP) is 4.74. The summed E-state index contributed by atoms with van der Waals surface area (Å²) < 4.78 is 12.1. The average Bonchev–Trinajstić information content (AvgIpc) is 2.56. The van der Waals surface area contributed by atoms with Crippen molar-refractivity contribution in [1.82, 2.24) is 5.32 Å². The van der Waals surface area contributed by atoms with Gasteiger partial charge in [0.1, 0.15) is 0 Å². The van der Waals surface area contributed by atoms with E-state index in [9.17, 15) is 4.79 Å². The van der Waals surface area contributed by atoms with Gasteiger partial charge in [0.25, 0.3) is 5.91 Å². The summed E-state index contributed by atoms with van der Waals surface area (Å²) in [5.74, 6) is 1.30. The highest BCUT2D eigenvalue weighted by molar-refractivity contribution is 9.10. The zero-order chi connectivity index (χ0) is 17.5. The largest absolute Gasteiger partial charge is 0.490 e. The maximum absolute atomic E-state index is 12.4. The number of amides is 1. The number of carbonyl (C=O) groups is 1. The zero-order valence-electron chi connectivity index (χ0n) is 14.1. The molecule has 0 aliphatic rings. The Labute approximate surface area is 151 Å². The van der Waals surface area contributed by atoms with E-state index in [0.717, 1.165) is 10.0 Å². The molecular weight excluding hydrogens is 370 g/mol. The lowest BCUT2D eigenvalue weighted by molar-refractivity contribution is 0.0939. The van der Waals surface area contributed by atoms with Crippen molar-refractivity contribution in [3.63, 3.8) is 0 Å². The van der Waals surface area contributed by atoms with Crippen LogP contribution in [0.4, 0.5) is 0 Å². The molecule has 1 atom stereocenters. The Bertz CT molecular complexity index is 703. The number of rotatable bonds is 7. The van der Waals surface area contributed by atoms with Gasteiger partial charge in [-0.05, 0) is 56.7 Å². The summed E-state index contributed by atoms with van der Waals surface area (Å²) in [6, 6.07) is 12.9. The van der Waals surface area contributed by atoms with Crippen LogP contribution in [0.1, 0.15) is 42.7 Å². The maximum Gasteiger partial charge on any atom is 0.251 e. The molecule has 0 bridgehead atoms. The van der Waals surface area contributed by atoms with Gasteiger partial charge in [-0.1, -0.05) is 28.1 Å². The van der Waals surface area contributed by atoms with Gasteiger partial charge in [-0.25, -0.2) is 0 Å². The van der Waals surface area contributed by atoms with Crippen LogP contribution in [0.25, 0.3) is 0 Å². The molecule has 2 aromatic carbocycles. The number of nitrogens with one attached hydrogen (secondary N) is 1. The van der Waals surface area contributed by atoms with Crippen LogP contribution in [0.3, 0.4) is 0 Å². The first-order valence-electron chi connectivity index (χ1n) is 8.01. The molecule has 0 heterocycles. The van der Waals surface area contributed by atoms with Crippen LogP contribution in [0.5, 0.6) is 11.5 Å². The SMILES string of the molecule is CCOc1ccc([C@@H](C)NC(=O)c2cccc(Br)c2)cc1OCC. The monoisotopic (exact) mass is 391 g/mol. The summed E-state index contributed by atoms with van der Waals surface area (Å²) in [5.41, 5.74) is 1.58. The lowest BCUT2D eigenvalue weighted by atomic mass is 10.1. The minimum atomic E-state index is -0.147. The molecule has 0 fully saturated rings. The Morgan fingerprint density at radius 3 is 2.46 bits per heavy atom. The summed E-state index contributed by atoms with van der Waals surface area (Å²) in [7, 11) is 0. The molecule has 2 rings (SSSR count). The highest BCUT2D eigenvalue weighted by Gasteiger charge is 2.14. The molecular formula is C19H22BrNO3. The minimum absolute atomic E-state index is 0.115. The van der Waals surface area contributed by atoms with Crippen molar-refractivity contribution in [1.29, 1.82) is 0 Å². The van der Waals surface area contributed by atoms with Gasteiger partial charge in [-0.15, -0.1) is 0 Å². The second-order valence-corrected chi connectivity index (χ2v) is 6.19. The molecule has 5 heteroatoms. The first kappa shape index (κ1) is 18.3. The quantitative estimate of drug-likeness (QED) is 0.741. The topological polar surface area (TPSA) is 47.6 Å². The molecule has 0 saturated heterocycles. The van der Waals surface area contributed by atoms with Crippen LogP contribution >= 0.6 is 15.9 Å². The summed E-state index contributed by atoms with van der Waals surface area (Å²) in [5, 5.41) is 3.00. The van der Waals surface area contributed by atoms with E-state index in [1.54, 1.807) is 12.1 Å². The van der Waals surface area contributed by atoms with E-state index in [1.165, 1.54) is 0 Å². The van der Waals surface area contributed by atoms with Gasteiger partial charge in [0.05, 0.1) is 19.3 Å². The highest BCUT2D eigenvalue weighted by atomic mass is 79.9. The standard InChI is InChI=1S/C19H22BrNO3/c1-4-23-17-10-9-14(12-18(17)24-5-2)13(3)21-19(22)15-7-6-8-16(20)11-15/h6-13H,4-5H2,1-3H3,(H,21,22)/t13-/m1/s1. The van der Waals surface area contributed by atoms with Crippen LogP contribution in [0, 0.1) is 0 Å². The fraction of sp³-hybridized carbons (Fsp3) is 0.316. The van der Waals surface area contributed by atoms with Crippen molar-refractivity contribution in [2.75, 3.05) is 13.2 Å². The van der Waals surface area contributed by atoms with Gasteiger partial charge in [0.15, 0.2) is 11.5 Å². The van der Waals surface area contributed by atoms with E-state index in [2.05, 4.69) is 21.2 Å². The van der Waals surface area contributed by atoms with Crippen molar-refractivity contribution < 1.29 is 14.3 Å². The molecule has 0 saturated carbocycles. The first-order valence-corrected chi connectivity index (χ1v) is 8.80. The Hall–Kier alpha value is -2.01. The second kappa shape index (κ2) is 8.73. The van der Waals surface area contributed by atoms with Crippen LogP contribution in [-0.4, -0.2) is 19.1 Å². The number of hydrogen-bond acceptors (Lipinski definition) is 3. The number of benzene rings is 2. The molecule has 4 nitrogen and oxygen atoms in total. The minimum Gasteiger partial charge on any atom is -0.490 e. The first-order chi connectivity index (χ1) is 11.5. The van der Waals surface area contributed by atoms with E-state index >= 15 is 0 Å². The van der Waals surface area contributed by atoms with E-state index in [4.69, 9.17) is 9.47 Å². The van der Waals surface area contributed by atoms with E-state index < -0.39 is 0 Å². The van der Waals surface area contributed by atoms with Gasteiger partial charge in [-0.3, -0.25) is 4.79 Å². The molecule has 0 radical (unpaired) electrons. The third-order valence-electron chi connectivity index (χ3n) is 3.50. The van der Waals surface area contributed by atoms with Gasteiger partial charge in [-0.2, -0.15) is 0 Å². The fourth-order valence-electron chi connectivity index (χ4n) is 2.33. The average molecular weight is 392 g/mol. The van der Waals surface area contributed by atoms with E-state index in [0.29, 0.717) is 30.3 Å². The van der Waals surface area contributed by atoms with Crippen molar-refractivity contribution in [3.8, 4) is 11.5 Å². The van der Waals surface area contributed by atoms with Crippen LogP contribution < -0.4 is 14.8 Å². The van der Waals surface area contributed by atoms with Gasteiger partial charge >= 0.3 is 0 Å². The van der Waals surface area contributed by atoms with Gasteiger partial charge in [0.2, 0.25) is 0 Å². The Balaban J connectivity index is 2.15. The molecule has 1 amide bonds. The summed E-state index contributed by atoms with van der Waals surface area (Å²) in [6.07, 6.45) is 0. The smallest absolute Gasteiger partial charge is 0.251 e. The third kappa shape index (κ3) is 4.74. The van der Waals surface area contributed by atoms with Crippen LogP contribution in [0.15, 0.2) is 46.9 Å². The normalized spacial score (nSPS) is 11.7. The van der Waals surface area contributed by atoms with Crippen molar-refractivity contribution >= 4 is 21.8 Å².